The number of aromatic nitrogens is 2. The van der Waals surface area contributed by atoms with Crippen molar-refractivity contribution in [1.82, 2.24) is 9.55 Å². The Hall–Kier alpha value is -1.16. The van der Waals surface area contributed by atoms with E-state index in [4.69, 9.17) is 5.11 Å². The molecule has 1 aliphatic carbocycles. The number of imidazole rings is 1. The molecule has 0 radical (unpaired) electrons. The van der Waals surface area contributed by atoms with Crippen LogP contribution in [0.3, 0.4) is 0 Å². The number of aliphatic hydroxyl groups is 1. The van der Waals surface area contributed by atoms with E-state index in [0.29, 0.717) is 11.6 Å². The minimum absolute atomic E-state index is 0.131. The molecule has 4 nitrogen and oxygen atoms in total. The van der Waals surface area contributed by atoms with Crippen molar-refractivity contribution in [3.63, 3.8) is 0 Å². The first-order chi connectivity index (χ1) is 6.29. The molecule has 1 aromatic rings. The lowest BCUT2D eigenvalue weighted by Gasteiger charge is -2.31. The van der Waals surface area contributed by atoms with Gasteiger partial charge in [0.15, 0.2) is 6.29 Å². The van der Waals surface area contributed by atoms with Gasteiger partial charge in [0, 0.05) is 6.54 Å². The molecule has 13 heavy (non-hydrogen) atoms. The molecule has 1 aromatic heterocycles. The number of carbonyl (C=O) groups excluding carboxylic acids is 1. The number of carbonyl (C=O) groups is 1. The van der Waals surface area contributed by atoms with E-state index in [2.05, 4.69) is 4.98 Å². The van der Waals surface area contributed by atoms with Crippen molar-refractivity contribution in [2.75, 3.05) is 0 Å². The van der Waals surface area contributed by atoms with Gasteiger partial charge in [-0.3, -0.25) is 4.79 Å². The summed E-state index contributed by atoms with van der Waals surface area (Å²) in [6.45, 7) is 0.797. The highest BCUT2D eigenvalue weighted by molar-refractivity contribution is 5.71. The Labute approximate surface area is 76.2 Å². The van der Waals surface area contributed by atoms with Gasteiger partial charge in [-0.25, -0.2) is 4.98 Å². The lowest BCUT2D eigenvalue weighted by molar-refractivity contribution is 0.0350. The van der Waals surface area contributed by atoms with E-state index in [-0.39, 0.29) is 6.10 Å². The van der Waals surface area contributed by atoms with Crippen molar-refractivity contribution in [2.45, 2.75) is 25.5 Å². The van der Waals surface area contributed by atoms with Crippen molar-refractivity contribution in [3.8, 4) is 0 Å². The Bertz CT molecular complexity index is 302. The molecule has 0 saturated heterocycles. The zero-order valence-corrected chi connectivity index (χ0v) is 7.26. The summed E-state index contributed by atoms with van der Waals surface area (Å²) in [5.74, 6) is 0.503. The molecule has 2 rings (SSSR count). The van der Waals surface area contributed by atoms with Crippen molar-refractivity contribution in [1.29, 1.82) is 0 Å². The number of aldehydes is 1. The fraction of sp³-hybridized carbons (Fsp3) is 0.556. The summed E-state index contributed by atoms with van der Waals surface area (Å²) in [5, 5.41) is 9.08. The lowest BCUT2D eigenvalue weighted by atomic mass is 9.82. The standard InChI is InChI=1S/C9H12N2O2/c12-5-8-3-10-6-11(8)4-7-1-9(13)2-7/h3,5-7,9,13H,1-2,4H2. The third-order valence-corrected chi connectivity index (χ3v) is 2.53. The predicted octanol–water partition coefficient (Wildman–Crippen LogP) is 0.466. The molecule has 1 N–H and O–H groups in total. The maximum Gasteiger partial charge on any atom is 0.168 e. The van der Waals surface area contributed by atoms with E-state index in [0.717, 1.165) is 25.7 Å². The number of nitrogens with zero attached hydrogens (tertiary/aromatic N) is 2. The van der Waals surface area contributed by atoms with Crippen LogP contribution in [-0.4, -0.2) is 27.0 Å². The molecule has 0 aromatic carbocycles. The minimum atomic E-state index is -0.131. The van der Waals surface area contributed by atoms with Gasteiger partial charge in [0.2, 0.25) is 0 Å². The quantitative estimate of drug-likeness (QED) is 0.688. The molecule has 4 heteroatoms. The van der Waals surface area contributed by atoms with Gasteiger partial charge >= 0.3 is 0 Å². The summed E-state index contributed by atoms with van der Waals surface area (Å²) in [6, 6.07) is 0. The van der Waals surface area contributed by atoms with Gasteiger partial charge in [-0.05, 0) is 18.8 Å². The molecule has 1 saturated carbocycles. The van der Waals surface area contributed by atoms with Gasteiger partial charge in [-0.15, -0.1) is 0 Å². The summed E-state index contributed by atoms with van der Waals surface area (Å²) in [4.78, 5) is 14.4. The molecule has 0 unspecified atom stereocenters. The number of hydrogen-bond donors (Lipinski definition) is 1. The molecule has 0 aliphatic heterocycles. The molecule has 0 bridgehead atoms. The molecule has 1 fully saturated rings. The van der Waals surface area contributed by atoms with Crippen LogP contribution in [0, 0.1) is 5.92 Å². The third kappa shape index (κ3) is 1.62. The maximum absolute atomic E-state index is 10.5. The van der Waals surface area contributed by atoms with E-state index < -0.39 is 0 Å². The first kappa shape index (κ1) is 8.44. The van der Waals surface area contributed by atoms with Gasteiger partial charge in [0.25, 0.3) is 0 Å². The van der Waals surface area contributed by atoms with Crippen molar-refractivity contribution >= 4 is 6.29 Å². The van der Waals surface area contributed by atoms with E-state index >= 15 is 0 Å². The molecule has 0 amide bonds. The zero-order valence-electron chi connectivity index (χ0n) is 7.26. The number of aliphatic hydroxyl groups excluding tert-OH is 1. The molecule has 1 heterocycles. The van der Waals surface area contributed by atoms with Crippen LogP contribution in [0.1, 0.15) is 23.3 Å². The monoisotopic (exact) mass is 180 g/mol. The van der Waals surface area contributed by atoms with Crippen LogP contribution in [0.15, 0.2) is 12.5 Å². The van der Waals surface area contributed by atoms with Gasteiger partial charge in [-0.2, -0.15) is 0 Å². The Kier molecular flexibility index (Phi) is 2.14. The van der Waals surface area contributed by atoms with Crippen molar-refractivity contribution < 1.29 is 9.90 Å². The second-order valence-corrected chi connectivity index (χ2v) is 3.58. The van der Waals surface area contributed by atoms with Gasteiger partial charge < -0.3 is 9.67 Å². The molecular weight excluding hydrogens is 168 g/mol. The Morgan fingerprint density at radius 2 is 2.46 bits per heavy atom. The summed E-state index contributed by atoms with van der Waals surface area (Å²) in [5.41, 5.74) is 0.612. The summed E-state index contributed by atoms with van der Waals surface area (Å²) in [6.07, 6.45) is 5.58. The van der Waals surface area contributed by atoms with E-state index in [1.807, 2.05) is 4.57 Å². The van der Waals surface area contributed by atoms with Crippen LogP contribution in [0.2, 0.25) is 0 Å². The van der Waals surface area contributed by atoms with Gasteiger partial charge in [0.05, 0.1) is 18.6 Å². The predicted molar refractivity (Wildman–Crippen MR) is 46.3 cm³/mol. The van der Waals surface area contributed by atoms with Crippen LogP contribution in [0.4, 0.5) is 0 Å². The number of rotatable bonds is 3. The van der Waals surface area contributed by atoms with Crippen LogP contribution in [-0.2, 0) is 6.54 Å². The fourth-order valence-electron chi connectivity index (χ4n) is 1.71. The molecule has 1 aliphatic rings. The van der Waals surface area contributed by atoms with Crippen molar-refractivity contribution in [3.05, 3.63) is 18.2 Å². The second-order valence-electron chi connectivity index (χ2n) is 3.58. The fourth-order valence-corrected chi connectivity index (χ4v) is 1.71. The van der Waals surface area contributed by atoms with Crippen LogP contribution in [0.25, 0.3) is 0 Å². The normalized spacial score (nSPS) is 26.8. The van der Waals surface area contributed by atoms with Crippen molar-refractivity contribution in [2.24, 2.45) is 5.92 Å². The topological polar surface area (TPSA) is 55.1 Å². The average Bonchev–Trinajstić information content (AvgIpc) is 2.49. The van der Waals surface area contributed by atoms with Gasteiger partial charge in [0.1, 0.15) is 5.69 Å². The van der Waals surface area contributed by atoms with E-state index in [1.165, 1.54) is 0 Å². The summed E-state index contributed by atoms with van der Waals surface area (Å²) >= 11 is 0. The Morgan fingerprint density at radius 1 is 1.69 bits per heavy atom. The highest BCUT2D eigenvalue weighted by Crippen LogP contribution is 2.28. The highest BCUT2D eigenvalue weighted by atomic mass is 16.3. The van der Waals surface area contributed by atoms with Crippen LogP contribution in [0.5, 0.6) is 0 Å². The van der Waals surface area contributed by atoms with E-state index in [1.54, 1.807) is 12.5 Å². The first-order valence-electron chi connectivity index (χ1n) is 4.43. The third-order valence-electron chi connectivity index (χ3n) is 2.53. The van der Waals surface area contributed by atoms with Gasteiger partial charge in [-0.1, -0.05) is 0 Å². The average molecular weight is 180 g/mol. The largest absolute Gasteiger partial charge is 0.393 e. The zero-order chi connectivity index (χ0) is 9.26. The molecule has 0 atom stereocenters. The van der Waals surface area contributed by atoms with E-state index in [9.17, 15) is 4.79 Å². The Morgan fingerprint density at radius 3 is 3.08 bits per heavy atom. The minimum Gasteiger partial charge on any atom is -0.393 e. The smallest absolute Gasteiger partial charge is 0.168 e. The van der Waals surface area contributed by atoms with Crippen LogP contribution >= 0.6 is 0 Å². The summed E-state index contributed by atoms with van der Waals surface area (Å²) < 4.78 is 1.84. The second kappa shape index (κ2) is 3.30. The SMILES string of the molecule is O=Cc1cncn1CC1CC(O)C1. The van der Waals surface area contributed by atoms with Crippen LogP contribution < -0.4 is 0 Å². The summed E-state index contributed by atoms with van der Waals surface area (Å²) in [7, 11) is 0. The molecular formula is C9H12N2O2. The molecule has 70 valence electrons. The highest BCUT2D eigenvalue weighted by Gasteiger charge is 2.27. The first-order valence-corrected chi connectivity index (χ1v) is 4.43. The molecule has 0 spiro atoms. The Balaban J connectivity index is 1.97. The number of hydrogen-bond acceptors (Lipinski definition) is 3. The lowest BCUT2D eigenvalue weighted by Crippen LogP contribution is -2.31. The maximum atomic E-state index is 10.5.